The Balaban J connectivity index is 0. The second-order valence-electron chi connectivity index (χ2n) is 2.40. The summed E-state index contributed by atoms with van der Waals surface area (Å²) in [4.78, 5) is 0. The standard InChI is InChI=1S/C4H10O2.C4H8O/c1-3(5)4(2)6;1-3-4(2)5/h3-6H,1-2H3;5H,2-3H2,1H3. The van der Waals surface area contributed by atoms with Crippen molar-refractivity contribution in [2.75, 3.05) is 0 Å². The Morgan fingerprint density at radius 3 is 1.45 bits per heavy atom. The number of hydrogen-bond donors (Lipinski definition) is 3. The van der Waals surface area contributed by atoms with Crippen LogP contribution in [0.25, 0.3) is 0 Å². The van der Waals surface area contributed by atoms with Crippen molar-refractivity contribution in [3.63, 3.8) is 0 Å². The van der Waals surface area contributed by atoms with E-state index in [0.29, 0.717) is 6.42 Å². The van der Waals surface area contributed by atoms with Gasteiger partial charge in [-0.15, -0.1) is 0 Å². The smallest absolute Gasteiger partial charge is 0.0848 e. The molecule has 0 saturated heterocycles. The van der Waals surface area contributed by atoms with Crippen LogP contribution in [0.1, 0.15) is 27.2 Å². The largest absolute Gasteiger partial charge is 0.513 e. The number of aliphatic hydroxyl groups excluding tert-OH is 3. The van der Waals surface area contributed by atoms with Gasteiger partial charge in [-0.1, -0.05) is 13.5 Å². The zero-order valence-corrected chi connectivity index (χ0v) is 7.41. The maximum Gasteiger partial charge on any atom is 0.0848 e. The van der Waals surface area contributed by atoms with E-state index < -0.39 is 12.2 Å². The van der Waals surface area contributed by atoms with Gasteiger partial charge < -0.3 is 15.3 Å². The van der Waals surface area contributed by atoms with Gasteiger partial charge in [0, 0.05) is 6.42 Å². The molecule has 0 aliphatic rings. The molecule has 0 aromatic rings. The van der Waals surface area contributed by atoms with Gasteiger partial charge in [-0.25, -0.2) is 0 Å². The van der Waals surface area contributed by atoms with E-state index >= 15 is 0 Å². The van der Waals surface area contributed by atoms with E-state index in [1.165, 1.54) is 0 Å². The number of allylic oxidation sites excluding steroid dienone is 1. The Hall–Kier alpha value is -0.540. The van der Waals surface area contributed by atoms with Crippen molar-refractivity contribution < 1.29 is 15.3 Å². The number of rotatable bonds is 2. The third-order valence-corrected chi connectivity index (χ3v) is 1.11. The summed E-state index contributed by atoms with van der Waals surface area (Å²) in [7, 11) is 0. The van der Waals surface area contributed by atoms with Crippen LogP contribution < -0.4 is 0 Å². The summed E-state index contributed by atoms with van der Waals surface area (Å²) in [5.74, 6) is 0.255. The third kappa shape index (κ3) is 17.7. The van der Waals surface area contributed by atoms with Gasteiger partial charge in [-0.05, 0) is 13.8 Å². The second kappa shape index (κ2) is 7.57. The molecule has 0 amide bonds. The summed E-state index contributed by atoms with van der Waals surface area (Å²) < 4.78 is 0. The van der Waals surface area contributed by atoms with E-state index in [1.54, 1.807) is 13.8 Å². The Labute approximate surface area is 68.0 Å². The minimum atomic E-state index is -0.593. The summed E-state index contributed by atoms with van der Waals surface area (Å²) >= 11 is 0. The number of aliphatic hydroxyl groups is 3. The van der Waals surface area contributed by atoms with Gasteiger partial charge >= 0.3 is 0 Å². The predicted molar refractivity (Wildman–Crippen MR) is 45.4 cm³/mol. The molecule has 0 rings (SSSR count). The van der Waals surface area contributed by atoms with E-state index in [4.69, 9.17) is 15.3 Å². The number of hydrogen-bond acceptors (Lipinski definition) is 3. The molecule has 0 aliphatic carbocycles. The molecule has 0 bridgehead atoms. The van der Waals surface area contributed by atoms with Crippen LogP contribution in [-0.4, -0.2) is 27.5 Å². The van der Waals surface area contributed by atoms with Gasteiger partial charge in [-0.2, -0.15) is 0 Å². The van der Waals surface area contributed by atoms with E-state index in [9.17, 15) is 0 Å². The summed E-state index contributed by atoms with van der Waals surface area (Å²) in [6.07, 6.45) is -0.519. The summed E-state index contributed by atoms with van der Waals surface area (Å²) in [6, 6.07) is 0. The second-order valence-corrected chi connectivity index (χ2v) is 2.40. The molecule has 0 spiro atoms. The van der Waals surface area contributed by atoms with Crippen LogP contribution in [0.4, 0.5) is 0 Å². The minimum absolute atomic E-state index is 0.255. The summed E-state index contributed by atoms with van der Waals surface area (Å²) in [6.45, 7) is 8.17. The van der Waals surface area contributed by atoms with E-state index in [1.807, 2.05) is 6.92 Å². The molecule has 0 aromatic carbocycles. The molecular weight excluding hydrogens is 144 g/mol. The van der Waals surface area contributed by atoms with Crippen LogP contribution in [0.5, 0.6) is 0 Å². The Bertz CT molecular complexity index is 91.5. The highest BCUT2D eigenvalue weighted by atomic mass is 16.3. The Kier molecular flexibility index (Phi) is 9.00. The monoisotopic (exact) mass is 162 g/mol. The first kappa shape index (κ1) is 13.1. The molecule has 68 valence electrons. The van der Waals surface area contributed by atoms with E-state index in [0.717, 1.165) is 0 Å². The van der Waals surface area contributed by atoms with Crippen molar-refractivity contribution in [1.29, 1.82) is 0 Å². The first-order valence-corrected chi connectivity index (χ1v) is 3.64. The van der Waals surface area contributed by atoms with Crippen LogP contribution in [0, 0.1) is 0 Å². The highest BCUT2D eigenvalue weighted by molar-refractivity contribution is 4.74. The lowest BCUT2D eigenvalue weighted by Gasteiger charge is -2.03. The minimum Gasteiger partial charge on any atom is -0.513 e. The normalized spacial score (nSPS) is 14.3. The van der Waals surface area contributed by atoms with Gasteiger partial charge in [0.2, 0.25) is 0 Å². The van der Waals surface area contributed by atoms with Crippen LogP contribution in [-0.2, 0) is 0 Å². The molecule has 0 heterocycles. The highest BCUT2D eigenvalue weighted by Crippen LogP contribution is 1.85. The maximum absolute atomic E-state index is 8.38. The lowest BCUT2D eigenvalue weighted by molar-refractivity contribution is 0.0438. The summed E-state index contributed by atoms with van der Waals surface area (Å²) in [5, 5.41) is 24.9. The average molecular weight is 162 g/mol. The van der Waals surface area contributed by atoms with Crippen molar-refractivity contribution in [3.8, 4) is 0 Å². The van der Waals surface area contributed by atoms with Crippen LogP contribution in [0.15, 0.2) is 12.3 Å². The average Bonchev–Trinajstić information content (AvgIpc) is 1.89. The molecule has 2 unspecified atom stereocenters. The van der Waals surface area contributed by atoms with Gasteiger partial charge in [0.15, 0.2) is 0 Å². The first-order valence-electron chi connectivity index (χ1n) is 3.64. The van der Waals surface area contributed by atoms with Crippen LogP contribution in [0.3, 0.4) is 0 Å². The molecule has 3 heteroatoms. The van der Waals surface area contributed by atoms with Crippen molar-refractivity contribution in [2.24, 2.45) is 0 Å². The fourth-order valence-electron chi connectivity index (χ4n) is 0. The van der Waals surface area contributed by atoms with Gasteiger partial charge in [0.05, 0.1) is 18.0 Å². The van der Waals surface area contributed by atoms with Crippen molar-refractivity contribution in [2.45, 2.75) is 39.4 Å². The first-order chi connectivity index (χ1) is 4.91. The molecule has 3 N–H and O–H groups in total. The molecule has 0 radical (unpaired) electrons. The lowest BCUT2D eigenvalue weighted by atomic mass is 10.3. The van der Waals surface area contributed by atoms with Crippen molar-refractivity contribution >= 4 is 0 Å². The van der Waals surface area contributed by atoms with Crippen LogP contribution in [0.2, 0.25) is 0 Å². The quantitative estimate of drug-likeness (QED) is 0.535. The third-order valence-electron chi connectivity index (χ3n) is 1.11. The predicted octanol–water partition coefficient (Wildman–Crippen LogP) is 1.22. The Morgan fingerprint density at radius 2 is 1.45 bits per heavy atom. The molecule has 0 aliphatic heterocycles. The van der Waals surface area contributed by atoms with Gasteiger partial charge in [0.25, 0.3) is 0 Å². The molecule has 0 fully saturated rings. The fourth-order valence-corrected chi connectivity index (χ4v) is 0. The van der Waals surface area contributed by atoms with Crippen LogP contribution >= 0.6 is 0 Å². The zero-order valence-electron chi connectivity index (χ0n) is 7.41. The molecule has 3 nitrogen and oxygen atoms in total. The molecule has 2 atom stereocenters. The molecular formula is C8H18O3. The molecule has 0 saturated carbocycles. The van der Waals surface area contributed by atoms with Gasteiger partial charge in [-0.3, -0.25) is 0 Å². The fraction of sp³-hybridized carbons (Fsp3) is 0.750. The zero-order chi connectivity index (χ0) is 9.44. The van der Waals surface area contributed by atoms with E-state index in [-0.39, 0.29) is 5.76 Å². The van der Waals surface area contributed by atoms with Crippen molar-refractivity contribution in [1.82, 2.24) is 0 Å². The summed E-state index contributed by atoms with van der Waals surface area (Å²) in [5.41, 5.74) is 0. The Morgan fingerprint density at radius 1 is 1.27 bits per heavy atom. The topological polar surface area (TPSA) is 60.7 Å². The highest BCUT2D eigenvalue weighted by Gasteiger charge is 1.99. The molecule has 11 heavy (non-hydrogen) atoms. The van der Waals surface area contributed by atoms with Crippen molar-refractivity contribution in [3.05, 3.63) is 12.3 Å². The van der Waals surface area contributed by atoms with E-state index in [2.05, 4.69) is 6.58 Å². The maximum atomic E-state index is 8.38. The lowest BCUT2D eigenvalue weighted by Crippen LogP contribution is -2.17. The SMILES string of the molecule is C=C(O)CC.CC(O)C(C)O. The molecule has 0 aromatic heterocycles. The van der Waals surface area contributed by atoms with Gasteiger partial charge in [0.1, 0.15) is 0 Å².